The van der Waals surface area contributed by atoms with Crippen molar-refractivity contribution in [2.75, 3.05) is 19.5 Å². The summed E-state index contributed by atoms with van der Waals surface area (Å²) in [5.74, 6) is 0.516. The van der Waals surface area contributed by atoms with Crippen LogP contribution in [-0.2, 0) is 27.4 Å². The largest absolute Gasteiger partial charge is 0.480 e. The first-order valence-corrected chi connectivity index (χ1v) is 11.8. The first-order valence-electron chi connectivity index (χ1n) is 11.8. The van der Waals surface area contributed by atoms with Crippen LogP contribution in [0.4, 0.5) is 5.95 Å². The highest BCUT2D eigenvalue weighted by Crippen LogP contribution is 2.34. The first kappa shape index (κ1) is 23.9. The Kier molecular flexibility index (Phi) is 7.51. The van der Waals surface area contributed by atoms with E-state index in [1.54, 1.807) is 12.5 Å². The van der Waals surface area contributed by atoms with Gasteiger partial charge in [-0.05, 0) is 11.1 Å². The number of hydrogen-bond acceptors (Lipinski definition) is 8. The van der Waals surface area contributed by atoms with Gasteiger partial charge in [0.1, 0.15) is 12.3 Å². The quantitative estimate of drug-likeness (QED) is 0.357. The molecule has 9 heteroatoms. The third kappa shape index (κ3) is 5.71. The van der Waals surface area contributed by atoms with Crippen LogP contribution in [0.2, 0.25) is 0 Å². The van der Waals surface area contributed by atoms with E-state index in [0.717, 1.165) is 11.1 Å². The number of rotatable bonds is 10. The minimum Gasteiger partial charge on any atom is -0.480 e. The topological polar surface area (TPSA) is 107 Å². The Labute approximate surface area is 209 Å². The lowest BCUT2D eigenvalue weighted by Gasteiger charge is -2.19. The maximum absolute atomic E-state index is 6.40. The highest BCUT2D eigenvalue weighted by atomic mass is 16.6. The number of nitrogen functional groups attached to an aromatic ring is 1. The fraction of sp³-hybridized carbons (Fsp3) is 0.296. The van der Waals surface area contributed by atoms with Crippen molar-refractivity contribution in [2.45, 2.75) is 38.1 Å². The molecule has 5 rings (SSSR count). The van der Waals surface area contributed by atoms with Crippen molar-refractivity contribution >= 4 is 5.95 Å². The minimum absolute atomic E-state index is 0.133. The van der Waals surface area contributed by atoms with Crippen LogP contribution in [-0.4, -0.2) is 45.4 Å². The van der Waals surface area contributed by atoms with E-state index in [0.29, 0.717) is 43.4 Å². The van der Waals surface area contributed by atoms with E-state index < -0.39 is 0 Å². The van der Waals surface area contributed by atoms with E-state index >= 15 is 0 Å². The molecule has 0 amide bonds. The number of nitrogens with two attached hydrogens (primary N) is 1. The molecule has 3 heterocycles. The van der Waals surface area contributed by atoms with Crippen LogP contribution >= 0.6 is 0 Å². The summed E-state index contributed by atoms with van der Waals surface area (Å²) in [5, 5.41) is 0. The van der Waals surface area contributed by atoms with Crippen LogP contribution < -0.4 is 10.5 Å². The number of imidazole rings is 1. The summed E-state index contributed by atoms with van der Waals surface area (Å²) in [4.78, 5) is 12.7. The minimum atomic E-state index is -0.252. The van der Waals surface area contributed by atoms with Crippen molar-refractivity contribution in [3.63, 3.8) is 0 Å². The lowest BCUT2D eigenvalue weighted by Crippen LogP contribution is -2.29. The molecule has 1 aliphatic rings. The molecule has 0 saturated carbocycles. The second-order valence-corrected chi connectivity index (χ2v) is 8.56. The second kappa shape index (κ2) is 11.3. The summed E-state index contributed by atoms with van der Waals surface area (Å²) in [7, 11) is 1.54. The lowest BCUT2D eigenvalue weighted by molar-refractivity contribution is -0.0824. The van der Waals surface area contributed by atoms with Gasteiger partial charge in [-0.2, -0.15) is 4.98 Å². The fourth-order valence-electron chi connectivity index (χ4n) is 4.20. The number of methoxy groups -OCH3 is 1. The first-order chi connectivity index (χ1) is 17.7. The van der Waals surface area contributed by atoms with Crippen molar-refractivity contribution in [3.8, 4) is 17.1 Å². The molecule has 4 aromatic rings. The van der Waals surface area contributed by atoms with Gasteiger partial charge in [0, 0.05) is 18.8 Å². The maximum Gasteiger partial charge on any atom is 0.227 e. The van der Waals surface area contributed by atoms with Gasteiger partial charge in [0.25, 0.3) is 0 Å². The van der Waals surface area contributed by atoms with Crippen molar-refractivity contribution in [3.05, 3.63) is 90.5 Å². The van der Waals surface area contributed by atoms with Crippen molar-refractivity contribution in [1.29, 1.82) is 0 Å². The van der Waals surface area contributed by atoms with Gasteiger partial charge in [0.2, 0.25) is 11.8 Å². The van der Waals surface area contributed by atoms with E-state index in [1.165, 1.54) is 7.11 Å². The zero-order valence-corrected chi connectivity index (χ0v) is 20.1. The molecular weight excluding hydrogens is 458 g/mol. The molecule has 3 atom stereocenters. The molecule has 0 unspecified atom stereocenters. The normalized spacial score (nSPS) is 19.4. The van der Waals surface area contributed by atoms with Crippen molar-refractivity contribution < 1.29 is 18.9 Å². The fourth-order valence-corrected chi connectivity index (χ4v) is 4.20. The number of anilines is 1. The Morgan fingerprint density at radius 2 is 1.72 bits per heavy atom. The van der Waals surface area contributed by atoms with Gasteiger partial charge in [0.05, 0.1) is 50.6 Å². The molecule has 2 aromatic carbocycles. The third-order valence-electron chi connectivity index (χ3n) is 6.06. The smallest absolute Gasteiger partial charge is 0.227 e. The highest BCUT2D eigenvalue weighted by molar-refractivity contribution is 5.64. The molecule has 0 spiro atoms. The van der Waals surface area contributed by atoms with Crippen LogP contribution in [0.1, 0.15) is 23.8 Å². The summed E-state index contributed by atoms with van der Waals surface area (Å²) >= 11 is 0. The van der Waals surface area contributed by atoms with Crippen LogP contribution in [0.15, 0.2) is 79.4 Å². The molecule has 1 aliphatic heterocycles. The van der Waals surface area contributed by atoms with Crippen LogP contribution in [0, 0.1) is 0 Å². The standard InChI is InChI=1S/C27H29N5O4/c1-33-26-21(13-29-27(28)31-26)22-14-32(18-30-22)25-12-23(35-16-20-10-6-3-7-11-20)24(36-25)17-34-15-19-8-4-2-5-9-19/h2-11,13-14,18,23-25H,12,15-17H2,1H3,(H2,28,29,31)/t23-,24-,25-/m1/s1. The molecule has 2 N–H and O–H groups in total. The SMILES string of the molecule is COc1nc(N)ncc1-c1cn([C@H]2C[C@@H](OCc3ccccc3)[C@@H](COCc3ccccc3)O2)cn1. The van der Waals surface area contributed by atoms with Gasteiger partial charge in [0.15, 0.2) is 0 Å². The molecule has 1 fully saturated rings. The average Bonchev–Trinajstić information content (AvgIpc) is 3.56. The second-order valence-electron chi connectivity index (χ2n) is 8.56. The third-order valence-corrected chi connectivity index (χ3v) is 6.06. The van der Waals surface area contributed by atoms with Gasteiger partial charge < -0.3 is 29.2 Å². The molecular formula is C27H29N5O4. The summed E-state index contributed by atoms with van der Waals surface area (Å²) in [5.41, 5.74) is 9.25. The van der Waals surface area contributed by atoms with Crippen LogP contribution in [0.25, 0.3) is 11.3 Å². The highest BCUT2D eigenvalue weighted by Gasteiger charge is 2.37. The van der Waals surface area contributed by atoms with E-state index in [1.807, 2.05) is 59.3 Å². The van der Waals surface area contributed by atoms with Gasteiger partial charge in [-0.25, -0.2) is 9.97 Å². The molecule has 0 bridgehead atoms. The summed E-state index contributed by atoms with van der Waals surface area (Å²) < 4.78 is 26.0. The molecule has 9 nitrogen and oxygen atoms in total. The van der Waals surface area contributed by atoms with Gasteiger partial charge in [-0.1, -0.05) is 60.7 Å². The maximum atomic E-state index is 6.40. The Morgan fingerprint density at radius 3 is 2.44 bits per heavy atom. The monoisotopic (exact) mass is 487 g/mol. The van der Waals surface area contributed by atoms with E-state index in [9.17, 15) is 0 Å². The van der Waals surface area contributed by atoms with E-state index in [4.69, 9.17) is 24.7 Å². The lowest BCUT2D eigenvalue weighted by atomic mass is 10.1. The number of hydrogen-bond donors (Lipinski definition) is 1. The van der Waals surface area contributed by atoms with Gasteiger partial charge in [-0.3, -0.25) is 0 Å². The molecule has 0 aliphatic carbocycles. The molecule has 186 valence electrons. The molecule has 36 heavy (non-hydrogen) atoms. The Hall–Kier alpha value is -3.79. The number of benzene rings is 2. The van der Waals surface area contributed by atoms with Crippen molar-refractivity contribution in [1.82, 2.24) is 19.5 Å². The predicted octanol–water partition coefficient (Wildman–Crippen LogP) is 4.02. The summed E-state index contributed by atoms with van der Waals surface area (Å²) in [6.07, 6.45) is 5.29. The molecule has 1 saturated heterocycles. The molecule has 0 radical (unpaired) electrons. The number of aromatic nitrogens is 4. The van der Waals surface area contributed by atoms with Crippen LogP contribution in [0.5, 0.6) is 5.88 Å². The molecule has 2 aromatic heterocycles. The summed E-state index contributed by atoms with van der Waals surface area (Å²) in [6, 6.07) is 20.2. The number of ether oxygens (including phenoxy) is 4. The zero-order chi connectivity index (χ0) is 24.7. The Bertz CT molecular complexity index is 1250. The van der Waals surface area contributed by atoms with Crippen LogP contribution in [0.3, 0.4) is 0 Å². The Balaban J connectivity index is 1.28. The van der Waals surface area contributed by atoms with Crippen molar-refractivity contribution in [2.24, 2.45) is 0 Å². The average molecular weight is 488 g/mol. The Morgan fingerprint density at radius 1 is 1.00 bits per heavy atom. The van der Waals surface area contributed by atoms with Gasteiger partial charge in [-0.15, -0.1) is 0 Å². The van der Waals surface area contributed by atoms with E-state index in [2.05, 4.69) is 27.1 Å². The zero-order valence-electron chi connectivity index (χ0n) is 20.1. The van der Waals surface area contributed by atoms with E-state index in [-0.39, 0.29) is 24.4 Å². The summed E-state index contributed by atoms with van der Waals surface area (Å²) in [6.45, 7) is 1.45. The predicted molar refractivity (Wildman–Crippen MR) is 134 cm³/mol. The van der Waals surface area contributed by atoms with Gasteiger partial charge >= 0.3 is 0 Å². The number of nitrogens with zero attached hydrogens (tertiary/aromatic N) is 4.